The number of carbonyl (C=O) groups is 1. The van der Waals surface area contributed by atoms with Gasteiger partial charge in [-0.05, 0) is 43.3 Å². The second-order valence-electron chi connectivity index (χ2n) is 5.72. The molecule has 0 aliphatic rings. The summed E-state index contributed by atoms with van der Waals surface area (Å²) in [5.41, 5.74) is 0.399. The Bertz CT molecular complexity index is 1070. The first-order chi connectivity index (χ1) is 13.3. The number of thioether (sulfide) groups is 1. The fraction of sp³-hybridized carbons (Fsp3) is 0.105. The zero-order valence-corrected chi connectivity index (χ0v) is 16.1. The number of amides is 1. The molecule has 0 saturated carbocycles. The zero-order chi connectivity index (χ0) is 20.3. The highest BCUT2D eigenvalue weighted by Gasteiger charge is 2.18. The molecule has 3 rings (SSSR count). The number of carbonyl (C=O) groups excluding carboxylic acids is 1. The highest BCUT2D eigenvalue weighted by atomic mass is 35.5. The van der Waals surface area contributed by atoms with E-state index in [0.29, 0.717) is 28.2 Å². The number of anilines is 1. The van der Waals surface area contributed by atoms with Crippen molar-refractivity contribution in [3.05, 3.63) is 81.2 Å². The monoisotopic (exact) mass is 421 g/mol. The van der Waals surface area contributed by atoms with Crippen LogP contribution in [0.3, 0.4) is 0 Å². The molecule has 0 atom stereocenters. The Morgan fingerprint density at radius 1 is 1.18 bits per heavy atom. The topological polar surface area (TPSA) is 64.0 Å². The number of halogens is 3. The molecule has 1 amide bonds. The first kappa shape index (κ1) is 20.0. The highest BCUT2D eigenvalue weighted by Crippen LogP contribution is 2.31. The largest absolute Gasteiger partial charge is 0.319 e. The second-order valence-corrected chi connectivity index (χ2v) is 7.18. The molecule has 0 fully saturated rings. The van der Waals surface area contributed by atoms with E-state index >= 15 is 0 Å². The van der Waals surface area contributed by atoms with Crippen molar-refractivity contribution in [3.63, 3.8) is 0 Å². The van der Waals surface area contributed by atoms with Gasteiger partial charge in [0.1, 0.15) is 0 Å². The molecule has 0 unspecified atom stereocenters. The Morgan fingerprint density at radius 3 is 2.54 bits per heavy atom. The molecule has 5 nitrogen and oxygen atoms in total. The van der Waals surface area contributed by atoms with Crippen molar-refractivity contribution >= 4 is 35.0 Å². The van der Waals surface area contributed by atoms with Crippen LogP contribution in [-0.2, 0) is 0 Å². The molecule has 0 bridgehead atoms. The van der Waals surface area contributed by atoms with E-state index < -0.39 is 17.1 Å². The van der Waals surface area contributed by atoms with Gasteiger partial charge >= 0.3 is 0 Å². The van der Waals surface area contributed by atoms with Crippen molar-refractivity contribution in [2.75, 3.05) is 5.32 Å². The second kappa shape index (κ2) is 8.53. The third-order valence-corrected chi connectivity index (χ3v) is 4.79. The summed E-state index contributed by atoms with van der Waals surface area (Å²) >= 11 is 6.19. The van der Waals surface area contributed by atoms with Gasteiger partial charge in [0.2, 0.25) is 5.43 Å². The fourth-order valence-electron chi connectivity index (χ4n) is 2.50. The summed E-state index contributed by atoms with van der Waals surface area (Å²) < 4.78 is 26.9. The minimum Gasteiger partial charge on any atom is -0.319 e. The van der Waals surface area contributed by atoms with Gasteiger partial charge in [0.15, 0.2) is 5.69 Å². The predicted molar refractivity (Wildman–Crippen MR) is 106 cm³/mol. The minimum atomic E-state index is -2.64. The number of hydrogen-bond acceptors (Lipinski definition) is 4. The first-order valence-corrected chi connectivity index (χ1v) is 9.33. The van der Waals surface area contributed by atoms with E-state index in [9.17, 15) is 18.4 Å². The van der Waals surface area contributed by atoms with E-state index in [1.807, 2.05) is 0 Å². The van der Waals surface area contributed by atoms with Gasteiger partial charge in [-0.3, -0.25) is 9.59 Å². The van der Waals surface area contributed by atoms with Crippen molar-refractivity contribution in [2.24, 2.45) is 0 Å². The molecule has 144 valence electrons. The van der Waals surface area contributed by atoms with Crippen molar-refractivity contribution in [2.45, 2.75) is 17.6 Å². The van der Waals surface area contributed by atoms with Gasteiger partial charge in [0.05, 0.1) is 11.4 Å². The maximum absolute atomic E-state index is 12.7. The summed E-state index contributed by atoms with van der Waals surface area (Å²) in [6, 6.07) is 14.1. The number of alkyl halides is 2. The normalized spacial score (nSPS) is 10.9. The van der Waals surface area contributed by atoms with Gasteiger partial charge in [0.25, 0.3) is 11.7 Å². The van der Waals surface area contributed by atoms with E-state index in [4.69, 9.17) is 11.6 Å². The smallest absolute Gasteiger partial charge is 0.288 e. The number of aromatic nitrogens is 2. The van der Waals surface area contributed by atoms with Gasteiger partial charge in [-0.15, -0.1) is 0 Å². The Kier molecular flexibility index (Phi) is 6.11. The molecular weight excluding hydrogens is 408 g/mol. The van der Waals surface area contributed by atoms with E-state index in [0.717, 1.165) is 0 Å². The van der Waals surface area contributed by atoms with E-state index in [1.165, 1.54) is 22.9 Å². The standard InChI is InChI=1S/C19H14ClF2N3O2S/c1-11-10-15(26)17(24-25(11)13-8-6-12(20)7-9-13)18(27)23-14-4-2-3-5-16(14)28-19(21)22/h2-10,19H,1H3,(H,23,27). The van der Waals surface area contributed by atoms with E-state index in [2.05, 4.69) is 10.4 Å². The lowest BCUT2D eigenvalue weighted by Crippen LogP contribution is -2.27. The molecule has 0 saturated heterocycles. The van der Waals surface area contributed by atoms with Crippen LogP contribution in [0.5, 0.6) is 0 Å². The number of nitrogens with one attached hydrogen (secondary N) is 1. The molecule has 28 heavy (non-hydrogen) atoms. The lowest BCUT2D eigenvalue weighted by molar-refractivity contribution is 0.101. The predicted octanol–water partition coefficient (Wildman–Crippen LogP) is 4.76. The third kappa shape index (κ3) is 4.58. The molecular formula is C19H14ClF2N3O2S. The summed E-state index contributed by atoms with van der Waals surface area (Å²) in [7, 11) is 0. The maximum atomic E-state index is 12.7. The number of hydrogen-bond donors (Lipinski definition) is 1. The maximum Gasteiger partial charge on any atom is 0.288 e. The lowest BCUT2D eigenvalue weighted by Gasteiger charge is -2.13. The minimum absolute atomic E-state index is 0.178. The van der Waals surface area contributed by atoms with E-state index in [-0.39, 0.29) is 16.3 Å². The first-order valence-electron chi connectivity index (χ1n) is 8.07. The summed E-state index contributed by atoms with van der Waals surface area (Å²) in [5.74, 6) is -3.42. The molecule has 0 spiro atoms. The number of para-hydroxylation sites is 1. The average Bonchev–Trinajstić information content (AvgIpc) is 2.64. The van der Waals surface area contributed by atoms with Crippen molar-refractivity contribution in [1.82, 2.24) is 9.78 Å². The molecule has 3 aromatic rings. The Morgan fingerprint density at radius 2 is 1.86 bits per heavy atom. The molecule has 1 heterocycles. The molecule has 2 aromatic carbocycles. The number of benzene rings is 2. The summed E-state index contributed by atoms with van der Waals surface area (Å²) in [5, 5.41) is 7.18. The number of rotatable bonds is 5. The molecule has 1 N–H and O–H groups in total. The van der Waals surface area contributed by atoms with Crippen LogP contribution in [0.25, 0.3) is 5.69 Å². The summed E-state index contributed by atoms with van der Waals surface area (Å²) in [4.78, 5) is 25.1. The lowest BCUT2D eigenvalue weighted by atomic mass is 10.2. The average molecular weight is 422 g/mol. The quantitative estimate of drug-likeness (QED) is 0.603. The van der Waals surface area contributed by atoms with Crippen LogP contribution in [0.2, 0.25) is 5.02 Å². The van der Waals surface area contributed by atoms with Gasteiger partial charge in [-0.2, -0.15) is 13.9 Å². The molecule has 1 aromatic heterocycles. The third-order valence-electron chi connectivity index (χ3n) is 3.75. The molecule has 9 heteroatoms. The number of aryl methyl sites for hydroxylation is 1. The summed E-state index contributed by atoms with van der Waals surface area (Å²) in [6.07, 6.45) is 0. The van der Waals surface area contributed by atoms with Crippen LogP contribution in [0.4, 0.5) is 14.5 Å². The van der Waals surface area contributed by atoms with Gasteiger partial charge in [-0.25, -0.2) is 4.68 Å². The van der Waals surface area contributed by atoms with Crippen LogP contribution in [0.1, 0.15) is 16.2 Å². The zero-order valence-electron chi connectivity index (χ0n) is 14.5. The van der Waals surface area contributed by atoms with Gasteiger partial charge in [0, 0.05) is 21.7 Å². The SMILES string of the molecule is Cc1cc(=O)c(C(=O)Nc2ccccc2SC(F)F)nn1-c1ccc(Cl)cc1. The highest BCUT2D eigenvalue weighted by molar-refractivity contribution is 7.99. The van der Waals surface area contributed by atoms with E-state index in [1.54, 1.807) is 43.3 Å². The van der Waals surface area contributed by atoms with Crippen molar-refractivity contribution in [3.8, 4) is 5.69 Å². The molecule has 0 aliphatic heterocycles. The van der Waals surface area contributed by atoms with Crippen LogP contribution in [0.15, 0.2) is 64.3 Å². The van der Waals surface area contributed by atoms with Crippen LogP contribution in [0, 0.1) is 6.92 Å². The fourth-order valence-corrected chi connectivity index (χ4v) is 3.22. The Labute approximate surface area is 168 Å². The van der Waals surface area contributed by atoms with Crippen LogP contribution in [-0.4, -0.2) is 21.4 Å². The van der Waals surface area contributed by atoms with Crippen LogP contribution < -0.4 is 10.7 Å². The number of nitrogens with zero attached hydrogens (tertiary/aromatic N) is 2. The van der Waals surface area contributed by atoms with Gasteiger partial charge in [-0.1, -0.05) is 35.5 Å². The van der Waals surface area contributed by atoms with Gasteiger partial charge < -0.3 is 5.32 Å². The molecule has 0 aliphatic carbocycles. The van der Waals surface area contributed by atoms with Crippen molar-refractivity contribution < 1.29 is 13.6 Å². The Balaban J connectivity index is 1.96. The summed E-state index contributed by atoms with van der Waals surface area (Å²) in [6.45, 7) is 1.68. The van der Waals surface area contributed by atoms with Crippen LogP contribution >= 0.6 is 23.4 Å². The molecule has 0 radical (unpaired) electrons. The Hall–Kier alpha value is -2.71. The van der Waals surface area contributed by atoms with Crippen molar-refractivity contribution in [1.29, 1.82) is 0 Å².